The summed E-state index contributed by atoms with van der Waals surface area (Å²) in [5.41, 5.74) is 15.2. The van der Waals surface area contributed by atoms with Gasteiger partial charge < -0.3 is 21.9 Å². The molecule has 0 atom stereocenters. The van der Waals surface area contributed by atoms with Crippen LogP contribution in [0.15, 0.2) is 97.2 Å². The summed E-state index contributed by atoms with van der Waals surface area (Å²) in [5.74, 6) is 0.533. The van der Waals surface area contributed by atoms with Gasteiger partial charge in [-0.1, -0.05) is 60.7 Å². The van der Waals surface area contributed by atoms with Crippen LogP contribution in [0.3, 0.4) is 0 Å². The number of fused-ring (bicyclic) bond motifs is 1. The molecule has 5 rings (SSSR count). The number of nitrogens with one attached hydrogen (secondary N) is 1. The van der Waals surface area contributed by atoms with Gasteiger partial charge in [0, 0.05) is 23.2 Å². The molecule has 0 unspecified atom stereocenters. The largest absolute Gasteiger partial charge is 0.505 e. The number of rotatable bonds is 4. The fourth-order valence-corrected chi connectivity index (χ4v) is 3.53. The van der Waals surface area contributed by atoms with E-state index in [0.717, 1.165) is 27.7 Å². The fourth-order valence-electron chi connectivity index (χ4n) is 3.53. The number of hydrogen-bond acceptors (Lipinski definition) is 6. The smallest absolute Gasteiger partial charge is 0.145 e. The van der Waals surface area contributed by atoms with E-state index in [1.807, 2.05) is 97.1 Å². The second kappa shape index (κ2) is 10.1. The van der Waals surface area contributed by atoms with Crippen molar-refractivity contribution >= 4 is 28.0 Å². The van der Waals surface area contributed by atoms with Gasteiger partial charge in [-0.2, -0.15) is 10.4 Å². The molecular weight excluding hydrogens is 424 g/mol. The number of nitriles is 1. The van der Waals surface area contributed by atoms with Gasteiger partial charge in [0.15, 0.2) is 0 Å². The highest BCUT2D eigenvalue weighted by atomic mass is 16.3. The second-order valence-corrected chi connectivity index (χ2v) is 7.54. The predicted octanol–water partition coefficient (Wildman–Crippen LogP) is 5.07. The van der Waals surface area contributed by atoms with Crippen molar-refractivity contribution in [3.8, 4) is 17.5 Å². The number of phenolic OH excluding ortho intramolecular Hbond substituents is 1. The first kappa shape index (κ1) is 22.2. The zero-order chi connectivity index (χ0) is 23.9. The van der Waals surface area contributed by atoms with E-state index in [4.69, 9.17) is 16.7 Å². The Labute approximate surface area is 197 Å². The van der Waals surface area contributed by atoms with Crippen molar-refractivity contribution in [1.29, 1.82) is 5.26 Å². The summed E-state index contributed by atoms with van der Waals surface area (Å²) in [6.45, 7) is 0.533. The molecule has 0 radical (unpaired) electrons. The fraction of sp³-hybridized carbons (Fsp3) is 0.0370. The Balaban J connectivity index is 0.000000172. The molecule has 6 N–H and O–H groups in total. The van der Waals surface area contributed by atoms with Crippen LogP contribution in [0.1, 0.15) is 11.1 Å². The van der Waals surface area contributed by atoms with Crippen LogP contribution in [-0.4, -0.2) is 14.9 Å². The van der Waals surface area contributed by atoms with E-state index in [0.29, 0.717) is 23.6 Å². The van der Waals surface area contributed by atoms with Crippen molar-refractivity contribution in [3.63, 3.8) is 0 Å². The minimum Gasteiger partial charge on any atom is -0.505 e. The molecule has 0 saturated carbocycles. The zero-order valence-electron chi connectivity index (χ0n) is 18.4. The minimum atomic E-state index is 0.159. The molecule has 168 valence electrons. The van der Waals surface area contributed by atoms with E-state index in [-0.39, 0.29) is 5.75 Å². The van der Waals surface area contributed by atoms with Crippen LogP contribution in [0.5, 0.6) is 5.75 Å². The summed E-state index contributed by atoms with van der Waals surface area (Å²) < 4.78 is 1.54. The van der Waals surface area contributed by atoms with Gasteiger partial charge in [-0.25, -0.2) is 4.68 Å². The molecule has 1 aromatic heterocycles. The maximum absolute atomic E-state index is 10.2. The molecule has 7 nitrogen and oxygen atoms in total. The highest BCUT2D eigenvalue weighted by molar-refractivity contribution is 5.96. The molecule has 0 fully saturated rings. The third-order valence-electron chi connectivity index (χ3n) is 5.32. The van der Waals surface area contributed by atoms with Crippen molar-refractivity contribution in [2.24, 2.45) is 0 Å². The molecule has 0 bridgehead atoms. The topological polar surface area (TPSA) is 126 Å². The molecule has 0 aliphatic heterocycles. The molecule has 0 aliphatic rings. The normalized spacial score (nSPS) is 10.2. The van der Waals surface area contributed by atoms with E-state index in [1.165, 1.54) is 6.20 Å². The van der Waals surface area contributed by atoms with Gasteiger partial charge in [-0.15, -0.1) is 0 Å². The van der Waals surface area contributed by atoms with Crippen LogP contribution in [0.2, 0.25) is 0 Å². The molecule has 7 heteroatoms. The van der Waals surface area contributed by atoms with Gasteiger partial charge in [0.2, 0.25) is 0 Å². The lowest BCUT2D eigenvalue weighted by Crippen LogP contribution is -2.01. The highest BCUT2D eigenvalue weighted by Crippen LogP contribution is 2.33. The first-order valence-corrected chi connectivity index (χ1v) is 10.7. The Morgan fingerprint density at radius 1 is 0.912 bits per heavy atom. The van der Waals surface area contributed by atoms with Gasteiger partial charge in [-0.05, 0) is 35.7 Å². The molecule has 0 spiro atoms. The number of hydrogen-bond donors (Lipinski definition) is 4. The summed E-state index contributed by atoms with van der Waals surface area (Å²) in [7, 11) is 0. The Morgan fingerprint density at radius 3 is 2.24 bits per heavy atom. The van der Waals surface area contributed by atoms with Crippen LogP contribution >= 0.6 is 0 Å². The molecule has 0 aliphatic carbocycles. The summed E-state index contributed by atoms with van der Waals surface area (Å²) in [5, 5.41) is 28.1. The van der Waals surface area contributed by atoms with Gasteiger partial charge in [0.05, 0.1) is 17.6 Å². The number of nitrogens with zero attached hydrogens (tertiary/aromatic N) is 3. The Hall–Kier alpha value is -4.96. The van der Waals surface area contributed by atoms with Gasteiger partial charge >= 0.3 is 0 Å². The van der Waals surface area contributed by atoms with Gasteiger partial charge in [0.1, 0.15) is 23.2 Å². The molecule has 5 aromatic rings. The third kappa shape index (κ3) is 4.76. The van der Waals surface area contributed by atoms with Gasteiger partial charge in [-0.3, -0.25) is 0 Å². The van der Waals surface area contributed by atoms with Crippen LogP contribution < -0.4 is 16.8 Å². The lowest BCUT2D eigenvalue weighted by molar-refractivity contribution is 0.472. The second-order valence-electron chi connectivity index (χ2n) is 7.54. The Morgan fingerprint density at radius 2 is 1.56 bits per heavy atom. The minimum absolute atomic E-state index is 0.159. The number of nitrogen functional groups attached to an aromatic ring is 2. The van der Waals surface area contributed by atoms with E-state index >= 15 is 0 Å². The van der Waals surface area contributed by atoms with Crippen LogP contribution in [0.4, 0.5) is 17.2 Å². The summed E-state index contributed by atoms with van der Waals surface area (Å²) in [6, 6.07) is 31.1. The number of benzene rings is 4. The third-order valence-corrected chi connectivity index (χ3v) is 5.32. The van der Waals surface area contributed by atoms with E-state index in [9.17, 15) is 5.11 Å². The van der Waals surface area contributed by atoms with Crippen molar-refractivity contribution < 1.29 is 5.11 Å². The molecule has 0 saturated heterocycles. The SMILES string of the molecule is N#Cc1cnn(-c2ccccc2)c1N.Nc1c(O)c(CNc2ccccc2)cc2ccccc12. The summed E-state index contributed by atoms with van der Waals surface area (Å²) >= 11 is 0. The monoisotopic (exact) mass is 448 g/mol. The van der Waals surface area contributed by atoms with Crippen molar-refractivity contribution in [3.05, 3.63) is 108 Å². The Bertz CT molecular complexity index is 1440. The van der Waals surface area contributed by atoms with Crippen LogP contribution in [-0.2, 0) is 6.54 Å². The van der Waals surface area contributed by atoms with Crippen molar-refractivity contribution in [1.82, 2.24) is 9.78 Å². The predicted molar refractivity (Wildman–Crippen MR) is 136 cm³/mol. The lowest BCUT2D eigenvalue weighted by Gasteiger charge is -2.12. The van der Waals surface area contributed by atoms with Crippen molar-refractivity contribution in [2.75, 3.05) is 16.8 Å². The molecule has 4 aromatic carbocycles. The average molecular weight is 449 g/mol. The number of para-hydroxylation sites is 2. The van der Waals surface area contributed by atoms with Gasteiger partial charge in [0.25, 0.3) is 0 Å². The first-order valence-electron chi connectivity index (χ1n) is 10.7. The molecule has 34 heavy (non-hydrogen) atoms. The standard InChI is InChI=1S/C17H16N2O.C10H8N4/c18-16-15-9-5-4-6-12(15)10-13(17(16)20)11-19-14-7-2-1-3-8-14;11-6-8-7-13-14(10(8)12)9-4-2-1-3-5-9/h1-10,19-20H,11,18H2;1-5,7H,12H2. The molecule has 1 heterocycles. The number of aromatic nitrogens is 2. The Kier molecular flexibility index (Phi) is 6.61. The van der Waals surface area contributed by atoms with E-state index < -0.39 is 0 Å². The number of anilines is 3. The van der Waals surface area contributed by atoms with Crippen LogP contribution in [0, 0.1) is 11.3 Å². The summed E-state index contributed by atoms with van der Waals surface area (Å²) in [4.78, 5) is 0. The van der Waals surface area contributed by atoms with E-state index in [1.54, 1.807) is 4.68 Å². The zero-order valence-corrected chi connectivity index (χ0v) is 18.4. The maximum atomic E-state index is 10.2. The quantitative estimate of drug-likeness (QED) is 0.225. The molecular formula is C27H24N6O. The highest BCUT2D eigenvalue weighted by Gasteiger charge is 2.10. The first-order chi connectivity index (χ1) is 16.6. The average Bonchev–Trinajstić information content (AvgIpc) is 3.27. The number of phenols is 1. The number of aromatic hydroxyl groups is 1. The van der Waals surface area contributed by atoms with E-state index in [2.05, 4.69) is 10.4 Å². The molecule has 0 amide bonds. The lowest BCUT2D eigenvalue weighted by atomic mass is 10.0. The maximum Gasteiger partial charge on any atom is 0.145 e. The summed E-state index contributed by atoms with van der Waals surface area (Å²) in [6.07, 6.45) is 1.46. The van der Waals surface area contributed by atoms with Crippen molar-refractivity contribution in [2.45, 2.75) is 6.54 Å². The number of nitrogens with two attached hydrogens (primary N) is 2. The van der Waals surface area contributed by atoms with Crippen LogP contribution in [0.25, 0.3) is 16.5 Å².